The minimum atomic E-state index is -1.00. The summed E-state index contributed by atoms with van der Waals surface area (Å²) < 4.78 is 5.70. The second-order valence-corrected chi connectivity index (χ2v) is 6.00. The van der Waals surface area contributed by atoms with E-state index in [0.29, 0.717) is 28.9 Å². The van der Waals surface area contributed by atoms with Gasteiger partial charge in [0.05, 0.1) is 5.56 Å². The van der Waals surface area contributed by atoms with Crippen LogP contribution >= 0.6 is 0 Å². The Morgan fingerprint density at radius 3 is 2.11 bits per heavy atom. The van der Waals surface area contributed by atoms with Gasteiger partial charge in [0.1, 0.15) is 0 Å². The summed E-state index contributed by atoms with van der Waals surface area (Å²) in [6.07, 6.45) is -1.00. The van der Waals surface area contributed by atoms with Gasteiger partial charge in [0.2, 0.25) is 5.78 Å². The van der Waals surface area contributed by atoms with Crippen molar-refractivity contribution in [1.29, 1.82) is 0 Å². The van der Waals surface area contributed by atoms with Crippen molar-refractivity contribution < 1.29 is 14.3 Å². The number of hydrogen-bond acceptors (Lipinski definition) is 4. The summed E-state index contributed by atoms with van der Waals surface area (Å²) >= 11 is 0. The van der Waals surface area contributed by atoms with Crippen molar-refractivity contribution in [1.82, 2.24) is 0 Å². The molecule has 4 nitrogen and oxygen atoms in total. The topological polar surface area (TPSA) is 55.4 Å². The first-order valence-corrected chi connectivity index (χ1v) is 8.88. The molecule has 136 valence electrons. The third-order valence-electron chi connectivity index (χ3n) is 4.14. The first kappa shape index (κ1) is 18.4. The molecule has 0 unspecified atom stereocenters. The van der Waals surface area contributed by atoms with E-state index in [1.807, 2.05) is 43.3 Å². The van der Waals surface area contributed by atoms with Crippen LogP contribution in [0, 0.1) is 0 Å². The summed E-state index contributed by atoms with van der Waals surface area (Å²) in [5, 5.41) is 3.15. The van der Waals surface area contributed by atoms with Gasteiger partial charge in [-0.3, -0.25) is 4.79 Å². The summed E-state index contributed by atoms with van der Waals surface area (Å²) in [6.45, 7) is 2.63. The molecule has 3 aromatic carbocycles. The first-order chi connectivity index (χ1) is 13.2. The fourth-order valence-electron chi connectivity index (χ4n) is 2.83. The van der Waals surface area contributed by atoms with Crippen LogP contribution < -0.4 is 5.32 Å². The molecule has 0 spiro atoms. The van der Waals surface area contributed by atoms with Crippen molar-refractivity contribution in [2.24, 2.45) is 0 Å². The molecule has 1 atom stereocenters. The van der Waals surface area contributed by atoms with E-state index >= 15 is 0 Å². The Kier molecular flexibility index (Phi) is 6.00. The predicted molar refractivity (Wildman–Crippen MR) is 106 cm³/mol. The van der Waals surface area contributed by atoms with Gasteiger partial charge in [0, 0.05) is 23.4 Å². The fourth-order valence-corrected chi connectivity index (χ4v) is 2.83. The van der Waals surface area contributed by atoms with E-state index in [-0.39, 0.29) is 5.78 Å². The number of para-hydroxylation sites is 1. The smallest absolute Gasteiger partial charge is 0.341 e. The second-order valence-electron chi connectivity index (χ2n) is 6.00. The Bertz CT molecular complexity index is 907. The molecule has 0 radical (unpaired) electrons. The number of Topliss-reactive ketones (excluding diaryl/α,β-unsaturated/α-hetero) is 1. The molecule has 4 heteroatoms. The minimum Gasteiger partial charge on any atom is -0.445 e. The van der Waals surface area contributed by atoms with Gasteiger partial charge >= 0.3 is 5.97 Å². The molecule has 0 aromatic heterocycles. The third-order valence-corrected chi connectivity index (χ3v) is 4.14. The monoisotopic (exact) mass is 359 g/mol. The van der Waals surface area contributed by atoms with Gasteiger partial charge in [0.15, 0.2) is 6.10 Å². The van der Waals surface area contributed by atoms with Crippen molar-refractivity contribution in [3.63, 3.8) is 0 Å². The number of benzene rings is 3. The summed E-state index contributed by atoms with van der Waals surface area (Å²) in [7, 11) is 0. The molecule has 3 aromatic rings. The Balaban J connectivity index is 1.93. The molecular weight excluding hydrogens is 338 g/mol. The minimum absolute atomic E-state index is 0.254. The van der Waals surface area contributed by atoms with Crippen molar-refractivity contribution in [2.75, 3.05) is 11.9 Å². The van der Waals surface area contributed by atoms with Crippen LogP contribution in [0.3, 0.4) is 0 Å². The van der Waals surface area contributed by atoms with Crippen LogP contribution in [0.4, 0.5) is 5.69 Å². The van der Waals surface area contributed by atoms with Gasteiger partial charge in [-0.15, -0.1) is 0 Å². The van der Waals surface area contributed by atoms with E-state index in [1.165, 1.54) is 0 Å². The number of esters is 1. The van der Waals surface area contributed by atoms with E-state index in [0.717, 1.165) is 0 Å². The van der Waals surface area contributed by atoms with Gasteiger partial charge in [-0.05, 0) is 19.1 Å². The zero-order valence-corrected chi connectivity index (χ0v) is 15.1. The largest absolute Gasteiger partial charge is 0.445 e. The lowest BCUT2D eigenvalue weighted by atomic mass is 9.99. The lowest BCUT2D eigenvalue weighted by molar-refractivity contribution is 0.0281. The average molecular weight is 359 g/mol. The molecule has 0 fully saturated rings. The Morgan fingerprint density at radius 2 is 1.44 bits per heavy atom. The van der Waals surface area contributed by atoms with Gasteiger partial charge in [-0.2, -0.15) is 0 Å². The van der Waals surface area contributed by atoms with Crippen molar-refractivity contribution in [2.45, 2.75) is 13.0 Å². The molecule has 0 amide bonds. The molecule has 0 saturated carbocycles. The van der Waals surface area contributed by atoms with Crippen molar-refractivity contribution in [3.8, 4) is 0 Å². The molecule has 1 N–H and O–H groups in total. The second kappa shape index (κ2) is 8.81. The van der Waals surface area contributed by atoms with Gasteiger partial charge in [-0.1, -0.05) is 72.8 Å². The highest BCUT2D eigenvalue weighted by molar-refractivity contribution is 6.03. The number of carbonyl (C=O) groups excluding carboxylic acids is 2. The molecule has 0 aliphatic carbocycles. The van der Waals surface area contributed by atoms with E-state index < -0.39 is 12.1 Å². The van der Waals surface area contributed by atoms with Gasteiger partial charge in [-0.25, -0.2) is 4.79 Å². The fraction of sp³-hybridized carbons (Fsp3) is 0.130. The zero-order valence-electron chi connectivity index (χ0n) is 15.1. The number of hydrogen-bond donors (Lipinski definition) is 1. The van der Waals surface area contributed by atoms with Crippen LogP contribution in [0.1, 0.15) is 39.3 Å². The maximum atomic E-state index is 13.0. The summed E-state index contributed by atoms with van der Waals surface area (Å²) in [5.41, 5.74) is 2.23. The summed E-state index contributed by atoms with van der Waals surface area (Å²) in [4.78, 5) is 25.9. The van der Waals surface area contributed by atoms with Crippen LogP contribution in [0.2, 0.25) is 0 Å². The quantitative estimate of drug-likeness (QED) is 0.481. The SMILES string of the molecule is CCNc1ccccc1C(=O)O[C@@H](C(=O)c1ccccc1)c1ccccc1. The molecule has 0 bridgehead atoms. The molecular formula is C23H21NO3. The van der Waals surface area contributed by atoms with Crippen LogP contribution in [0.5, 0.6) is 0 Å². The lowest BCUT2D eigenvalue weighted by Gasteiger charge is -2.18. The highest BCUT2D eigenvalue weighted by atomic mass is 16.5. The third kappa shape index (κ3) is 4.42. The number of ether oxygens (including phenoxy) is 1. The molecule has 0 aliphatic rings. The summed E-state index contributed by atoms with van der Waals surface area (Å²) in [5.74, 6) is -0.791. The average Bonchev–Trinajstić information content (AvgIpc) is 2.73. The maximum absolute atomic E-state index is 13.0. The lowest BCUT2D eigenvalue weighted by Crippen LogP contribution is -2.21. The van der Waals surface area contributed by atoms with E-state index in [4.69, 9.17) is 4.74 Å². The molecule has 3 rings (SSSR count). The van der Waals surface area contributed by atoms with Crippen LogP contribution in [0.15, 0.2) is 84.9 Å². The number of anilines is 1. The number of carbonyl (C=O) groups is 2. The zero-order chi connectivity index (χ0) is 19.1. The van der Waals surface area contributed by atoms with Crippen molar-refractivity contribution in [3.05, 3.63) is 102 Å². The number of nitrogens with one attached hydrogen (secondary N) is 1. The summed E-state index contributed by atoms with van der Waals surface area (Å²) in [6, 6.07) is 25.1. The standard InChI is InChI=1S/C23H21NO3/c1-2-24-20-16-10-9-15-19(20)23(26)27-22(18-13-7-4-8-14-18)21(25)17-11-5-3-6-12-17/h3-16,22,24H,2H2,1H3/t22-/m1/s1. The molecule has 0 heterocycles. The predicted octanol–water partition coefficient (Wildman–Crippen LogP) is 4.90. The molecule has 0 saturated heterocycles. The van der Waals surface area contributed by atoms with Crippen molar-refractivity contribution >= 4 is 17.4 Å². The maximum Gasteiger partial charge on any atom is 0.341 e. The van der Waals surface area contributed by atoms with Crippen LogP contribution in [0.25, 0.3) is 0 Å². The van der Waals surface area contributed by atoms with Crippen LogP contribution in [-0.2, 0) is 4.74 Å². The first-order valence-electron chi connectivity index (χ1n) is 8.88. The normalized spacial score (nSPS) is 11.4. The van der Waals surface area contributed by atoms with E-state index in [2.05, 4.69) is 5.32 Å². The van der Waals surface area contributed by atoms with E-state index in [1.54, 1.807) is 48.5 Å². The molecule has 27 heavy (non-hydrogen) atoms. The van der Waals surface area contributed by atoms with Gasteiger partial charge in [0.25, 0.3) is 0 Å². The Hall–Kier alpha value is -3.40. The highest BCUT2D eigenvalue weighted by Gasteiger charge is 2.27. The Labute approximate surface area is 158 Å². The number of rotatable bonds is 7. The van der Waals surface area contributed by atoms with E-state index in [9.17, 15) is 9.59 Å². The molecule has 0 aliphatic heterocycles. The number of ketones is 1. The van der Waals surface area contributed by atoms with Crippen LogP contribution in [-0.4, -0.2) is 18.3 Å². The Morgan fingerprint density at radius 1 is 0.852 bits per heavy atom. The van der Waals surface area contributed by atoms with Gasteiger partial charge < -0.3 is 10.1 Å². The highest BCUT2D eigenvalue weighted by Crippen LogP contribution is 2.26.